The lowest BCUT2D eigenvalue weighted by molar-refractivity contribution is -0.129. The molecule has 1 aliphatic heterocycles. The van der Waals surface area contributed by atoms with E-state index in [1.165, 1.54) is 9.58 Å². The summed E-state index contributed by atoms with van der Waals surface area (Å²) in [7, 11) is 1.59. The Hall–Kier alpha value is -3.61. The second kappa shape index (κ2) is 6.70. The van der Waals surface area contributed by atoms with Crippen molar-refractivity contribution in [2.24, 2.45) is 22.2 Å². The number of halogens is 2. The number of nitrogens with two attached hydrogens (primary N) is 1. The van der Waals surface area contributed by atoms with Gasteiger partial charge in [0.2, 0.25) is 5.54 Å². The highest BCUT2D eigenvalue weighted by Crippen LogP contribution is 2.70. The van der Waals surface area contributed by atoms with Gasteiger partial charge in [0.25, 0.3) is 17.7 Å². The molecule has 33 heavy (non-hydrogen) atoms. The van der Waals surface area contributed by atoms with E-state index in [0.29, 0.717) is 29.1 Å². The molecule has 1 aromatic heterocycles. The number of rotatable bonds is 3. The molecule has 1 aromatic carbocycles. The van der Waals surface area contributed by atoms with Gasteiger partial charge in [-0.3, -0.25) is 9.59 Å². The smallest absolute Gasteiger partial charge is 0.269 e. The van der Waals surface area contributed by atoms with Crippen molar-refractivity contribution >= 4 is 11.8 Å². The van der Waals surface area contributed by atoms with E-state index >= 15 is 0 Å². The maximum Gasteiger partial charge on any atom is 0.269 e. The van der Waals surface area contributed by atoms with E-state index in [2.05, 4.69) is 22.1 Å². The summed E-state index contributed by atoms with van der Waals surface area (Å²) in [5, 5.41) is 7.35. The third-order valence-electron chi connectivity index (χ3n) is 7.32. The lowest BCUT2D eigenvalue weighted by Crippen LogP contribution is -2.35. The number of likely N-dealkylation sites (tertiary alicyclic amines) is 1. The third kappa shape index (κ3) is 2.84. The first kappa shape index (κ1) is 21.2. The minimum Gasteiger partial charge on any atom is -0.364 e. The van der Waals surface area contributed by atoms with Gasteiger partial charge < -0.3 is 10.6 Å². The van der Waals surface area contributed by atoms with Crippen LogP contribution in [0.15, 0.2) is 29.4 Å². The van der Waals surface area contributed by atoms with Crippen LogP contribution in [-0.2, 0) is 17.6 Å². The molecule has 1 saturated heterocycles. The molecule has 0 spiro atoms. The first-order valence-electron chi connectivity index (χ1n) is 10.6. The summed E-state index contributed by atoms with van der Waals surface area (Å²) >= 11 is 0. The van der Waals surface area contributed by atoms with Gasteiger partial charge in [-0.15, -0.1) is 4.91 Å². The van der Waals surface area contributed by atoms with Crippen molar-refractivity contribution in [3.8, 4) is 17.5 Å². The second-order valence-corrected chi connectivity index (χ2v) is 9.25. The third-order valence-corrected chi connectivity index (χ3v) is 7.32. The quantitative estimate of drug-likeness (QED) is 0.567. The Morgan fingerprint density at radius 1 is 1.36 bits per heavy atom. The van der Waals surface area contributed by atoms with Crippen molar-refractivity contribution in [1.29, 1.82) is 0 Å². The zero-order chi connectivity index (χ0) is 23.8. The Labute approximate surface area is 188 Å². The predicted octanol–water partition coefficient (Wildman–Crippen LogP) is 2.06. The zero-order valence-electron chi connectivity index (χ0n) is 18.1. The Balaban J connectivity index is 1.55. The average Bonchev–Trinajstić information content (AvgIpc) is 3.06. The summed E-state index contributed by atoms with van der Waals surface area (Å²) in [6.45, 7) is 1.93. The second-order valence-electron chi connectivity index (χ2n) is 9.25. The van der Waals surface area contributed by atoms with E-state index in [9.17, 15) is 23.3 Å². The predicted molar refractivity (Wildman–Crippen MR) is 114 cm³/mol. The molecule has 10 heteroatoms. The molecule has 0 bridgehead atoms. The first-order chi connectivity index (χ1) is 15.5. The first-order valence-corrected chi connectivity index (χ1v) is 10.6. The molecule has 0 radical (unpaired) electrons. The lowest BCUT2D eigenvalue weighted by atomic mass is 9.87. The SMILES string of the molecule is CN1CC[C@](C#Cc2cccc(-n3nc(C(N)=O)c4c3C[C@@]3(C)C(C4)C3(F)F)c2)(N=O)C1=O. The van der Waals surface area contributed by atoms with Gasteiger partial charge in [0.1, 0.15) is 0 Å². The molecular formula is C23H21F2N5O3. The van der Waals surface area contributed by atoms with E-state index < -0.39 is 34.6 Å². The van der Waals surface area contributed by atoms with Crippen LogP contribution in [0.4, 0.5) is 8.78 Å². The zero-order valence-corrected chi connectivity index (χ0v) is 18.1. The molecule has 2 aliphatic carbocycles. The number of nitroso groups, excluding NO2 is 1. The fourth-order valence-electron chi connectivity index (χ4n) is 5.08. The largest absolute Gasteiger partial charge is 0.364 e. The van der Waals surface area contributed by atoms with Crippen LogP contribution in [0.1, 0.15) is 40.7 Å². The summed E-state index contributed by atoms with van der Waals surface area (Å²) in [6.07, 6.45) is 0.316. The van der Waals surface area contributed by atoms with Crippen LogP contribution < -0.4 is 5.73 Å². The average molecular weight is 453 g/mol. The minimum absolute atomic E-state index is 0.00469. The number of hydrogen-bond acceptors (Lipinski definition) is 5. The summed E-state index contributed by atoms with van der Waals surface area (Å²) in [4.78, 5) is 37.1. The van der Waals surface area contributed by atoms with Gasteiger partial charge in [-0.25, -0.2) is 13.5 Å². The van der Waals surface area contributed by atoms with Crippen molar-refractivity contribution in [2.45, 2.75) is 37.6 Å². The van der Waals surface area contributed by atoms with Gasteiger partial charge in [-0.1, -0.05) is 24.8 Å². The highest BCUT2D eigenvalue weighted by molar-refractivity contribution is 5.93. The van der Waals surface area contributed by atoms with Crippen LogP contribution in [0.2, 0.25) is 0 Å². The minimum atomic E-state index is -2.81. The standard InChI is InChI=1S/C23H21F2N5O3/c1-21-12-16-15(11-17(21)23(21,24)25)18(19(26)31)27-30(16)14-5-3-4-13(10-14)6-7-22(28-33)8-9-29(2)20(22)32/h3-5,10,17H,8-9,11-12H2,1-2H3,(H2,26,31)/t17?,21-,22-/m0/s1. The molecule has 1 saturated carbocycles. The Morgan fingerprint density at radius 3 is 2.76 bits per heavy atom. The molecule has 2 aromatic rings. The molecule has 8 nitrogen and oxygen atoms in total. The number of benzene rings is 1. The fourth-order valence-corrected chi connectivity index (χ4v) is 5.08. The molecule has 2 heterocycles. The van der Waals surface area contributed by atoms with Crippen LogP contribution in [0.3, 0.4) is 0 Å². The summed E-state index contributed by atoms with van der Waals surface area (Å²) < 4.78 is 30.3. The monoisotopic (exact) mass is 453 g/mol. The number of carbonyl (C=O) groups is 2. The number of carbonyl (C=O) groups excluding carboxylic acids is 2. The Morgan fingerprint density at radius 2 is 2.12 bits per heavy atom. The maximum absolute atomic E-state index is 14.4. The van der Waals surface area contributed by atoms with Crippen molar-refractivity contribution in [1.82, 2.24) is 14.7 Å². The van der Waals surface area contributed by atoms with Crippen LogP contribution in [0, 0.1) is 28.1 Å². The highest BCUT2D eigenvalue weighted by atomic mass is 19.3. The molecule has 5 rings (SSSR count). The van der Waals surface area contributed by atoms with Gasteiger partial charge in [0, 0.05) is 54.6 Å². The van der Waals surface area contributed by atoms with Gasteiger partial charge in [-0.2, -0.15) is 5.10 Å². The van der Waals surface area contributed by atoms with Gasteiger partial charge in [0.05, 0.1) is 5.69 Å². The molecule has 1 unspecified atom stereocenters. The maximum atomic E-state index is 14.4. The highest BCUT2D eigenvalue weighted by Gasteiger charge is 2.78. The normalized spacial score (nSPS) is 29.0. The number of alkyl halides is 2. The lowest BCUT2D eigenvalue weighted by Gasteiger charge is -2.18. The Kier molecular flexibility index (Phi) is 4.31. The summed E-state index contributed by atoms with van der Waals surface area (Å²) in [5.41, 5.74) is 4.68. The number of amides is 2. The summed E-state index contributed by atoms with van der Waals surface area (Å²) in [6, 6.07) is 6.76. The molecule has 170 valence electrons. The van der Waals surface area contributed by atoms with Crippen LogP contribution >= 0.6 is 0 Å². The number of fused-ring (bicyclic) bond motifs is 2. The summed E-state index contributed by atoms with van der Waals surface area (Å²) in [5.74, 6) is 0.702. The van der Waals surface area contributed by atoms with Crippen molar-refractivity contribution < 1.29 is 18.4 Å². The molecule has 2 amide bonds. The van der Waals surface area contributed by atoms with Gasteiger partial charge >= 0.3 is 0 Å². The van der Waals surface area contributed by atoms with Crippen LogP contribution in [-0.4, -0.2) is 51.5 Å². The van der Waals surface area contributed by atoms with E-state index in [1.54, 1.807) is 38.2 Å². The van der Waals surface area contributed by atoms with Crippen LogP contribution in [0.5, 0.6) is 0 Å². The van der Waals surface area contributed by atoms with Gasteiger partial charge in [0.15, 0.2) is 5.69 Å². The molecular weight excluding hydrogens is 432 g/mol. The van der Waals surface area contributed by atoms with Gasteiger partial charge in [-0.05, 0) is 29.8 Å². The topological polar surface area (TPSA) is 111 Å². The van der Waals surface area contributed by atoms with Crippen LogP contribution in [0.25, 0.3) is 5.69 Å². The molecule has 2 N–H and O–H groups in total. The fraction of sp³-hybridized carbons (Fsp3) is 0.435. The molecule has 3 atom stereocenters. The number of aromatic nitrogens is 2. The number of nitrogens with zero attached hydrogens (tertiary/aromatic N) is 4. The Bertz CT molecular complexity index is 1290. The van der Waals surface area contributed by atoms with Crippen molar-refractivity contribution in [3.63, 3.8) is 0 Å². The van der Waals surface area contributed by atoms with Crippen molar-refractivity contribution in [3.05, 3.63) is 51.7 Å². The molecule has 3 aliphatic rings. The van der Waals surface area contributed by atoms with E-state index in [-0.39, 0.29) is 25.0 Å². The molecule has 2 fully saturated rings. The van der Waals surface area contributed by atoms with E-state index in [1.807, 2.05) is 0 Å². The number of hydrogen-bond donors (Lipinski definition) is 1. The van der Waals surface area contributed by atoms with Crippen molar-refractivity contribution in [2.75, 3.05) is 13.6 Å². The van der Waals surface area contributed by atoms with E-state index in [4.69, 9.17) is 5.73 Å². The van der Waals surface area contributed by atoms with E-state index in [0.717, 1.165) is 0 Å². The number of likely N-dealkylation sites (N-methyl/N-ethyl adjacent to an activating group) is 1. The number of primary amides is 1.